The van der Waals surface area contributed by atoms with E-state index in [2.05, 4.69) is 73.0 Å². The van der Waals surface area contributed by atoms with Gasteiger partial charge in [-0.2, -0.15) is 5.10 Å². The Morgan fingerprint density at radius 2 is 1.65 bits per heavy atom. The van der Waals surface area contributed by atoms with Crippen LogP contribution in [0.1, 0.15) is 24.0 Å². The molecule has 3 aliphatic rings. The third-order valence-electron chi connectivity index (χ3n) is 6.57. The van der Waals surface area contributed by atoms with Crippen LogP contribution in [-0.4, -0.2) is 62.4 Å². The van der Waals surface area contributed by atoms with Crippen LogP contribution < -0.4 is 20.5 Å². The van der Waals surface area contributed by atoms with Gasteiger partial charge < -0.3 is 25.4 Å². The predicted octanol–water partition coefficient (Wildman–Crippen LogP) is 3.52. The Morgan fingerprint density at radius 1 is 0.903 bits per heavy atom. The van der Waals surface area contributed by atoms with Crippen molar-refractivity contribution in [1.82, 2.24) is 10.3 Å². The van der Waals surface area contributed by atoms with Crippen LogP contribution in [0.5, 0.6) is 0 Å². The third-order valence-corrected chi connectivity index (χ3v) is 6.86. The lowest BCUT2D eigenvalue weighted by atomic mass is 10.1. The molecule has 6 nitrogen and oxygen atoms in total. The van der Waals surface area contributed by atoms with E-state index in [4.69, 9.17) is 11.6 Å². The molecule has 164 valence electrons. The highest BCUT2D eigenvalue weighted by atomic mass is 35.5. The molecule has 0 aromatic heterocycles. The van der Waals surface area contributed by atoms with E-state index in [1.165, 1.54) is 48.6 Å². The summed E-state index contributed by atoms with van der Waals surface area (Å²) >= 11 is 6.30. The predicted molar refractivity (Wildman–Crippen MR) is 131 cm³/mol. The van der Waals surface area contributed by atoms with Gasteiger partial charge in [-0.05, 0) is 61.8 Å². The molecule has 0 spiro atoms. The molecule has 0 saturated carbocycles. The number of halogens is 1. The summed E-state index contributed by atoms with van der Waals surface area (Å²) in [5, 5.41) is 8.32. The Bertz CT molecular complexity index is 931. The average Bonchev–Trinajstić information content (AvgIpc) is 3.33. The maximum Gasteiger partial charge on any atom is 0.156 e. The molecule has 0 radical (unpaired) electrons. The Labute approximate surface area is 189 Å². The number of benzene rings is 2. The van der Waals surface area contributed by atoms with Crippen molar-refractivity contribution in [2.24, 2.45) is 5.10 Å². The first-order chi connectivity index (χ1) is 15.3. The summed E-state index contributed by atoms with van der Waals surface area (Å²) in [5.74, 6) is 0. The zero-order chi connectivity index (χ0) is 21.0. The second-order valence-electron chi connectivity index (χ2n) is 8.58. The number of anilines is 3. The molecule has 2 aromatic rings. The van der Waals surface area contributed by atoms with E-state index >= 15 is 0 Å². The van der Waals surface area contributed by atoms with E-state index in [1.807, 2.05) is 0 Å². The van der Waals surface area contributed by atoms with Gasteiger partial charge in [-0.15, -0.1) is 0 Å². The van der Waals surface area contributed by atoms with Crippen LogP contribution in [0.3, 0.4) is 0 Å². The molecule has 7 heteroatoms. The van der Waals surface area contributed by atoms with Gasteiger partial charge in [0, 0.05) is 61.9 Å². The van der Waals surface area contributed by atoms with Gasteiger partial charge in [-0.25, -0.2) is 0 Å². The first kappa shape index (κ1) is 20.5. The summed E-state index contributed by atoms with van der Waals surface area (Å²) in [6.45, 7) is 9.41. The van der Waals surface area contributed by atoms with E-state index in [0.717, 1.165) is 51.4 Å². The minimum Gasteiger partial charge on any atom is -0.384 e. The van der Waals surface area contributed by atoms with Gasteiger partial charge in [0.25, 0.3) is 0 Å². The van der Waals surface area contributed by atoms with Gasteiger partial charge in [0.1, 0.15) is 0 Å². The minimum atomic E-state index is 0.552. The summed E-state index contributed by atoms with van der Waals surface area (Å²) in [5.41, 5.74) is 8.98. The lowest BCUT2D eigenvalue weighted by Crippen LogP contribution is -2.46. The fourth-order valence-electron chi connectivity index (χ4n) is 4.76. The Kier molecular flexibility index (Phi) is 6.18. The van der Waals surface area contributed by atoms with Crippen LogP contribution in [-0.2, 0) is 6.54 Å². The highest BCUT2D eigenvalue weighted by Gasteiger charge is 2.20. The van der Waals surface area contributed by atoms with Crippen LogP contribution in [0.15, 0.2) is 47.6 Å². The molecule has 5 rings (SSSR count). The molecule has 3 aliphatic heterocycles. The second-order valence-corrected chi connectivity index (χ2v) is 8.94. The Hall–Kier alpha value is -2.44. The average molecular weight is 439 g/mol. The summed E-state index contributed by atoms with van der Waals surface area (Å²) in [6.07, 6.45) is 2.70. The monoisotopic (exact) mass is 438 g/mol. The second kappa shape index (κ2) is 9.37. The van der Waals surface area contributed by atoms with Gasteiger partial charge in [0.2, 0.25) is 0 Å². The molecule has 3 heterocycles. The zero-order valence-electron chi connectivity index (χ0n) is 18.0. The van der Waals surface area contributed by atoms with Crippen molar-refractivity contribution >= 4 is 33.8 Å². The van der Waals surface area contributed by atoms with Crippen molar-refractivity contribution in [3.63, 3.8) is 0 Å². The topological polar surface area (TPSA) is 46.1 Å². The summed E-state index contributed by atoms with van der Waals surface area (Å²) in [6, 6.07) is 15.4. The number of fused-ring (bicyclic) bond motifs is 1. The largest absolute Gasteiger partial charge is 0.384 e. The van der Waals surface area contributed by atoms with Crippen LogP contribution in [0.25, 0.3) is 0 Å². The molecule has 2 N–H and O–H groups in total. The number of hydrazone groups is 1. The number of likely N-dealkylation sites (tertiary alicyclic amines) is 1. The zero-order valence-corrected chi connectivity index (χ0v) is 18.7. The molecule has 0 aliphatic carbocycles. The highest BCUT2D eigenvalue weighted by molar-refractivity contribution is 6.69. The number of nitrogens with one attached hydrogen (secondary N) is 2. The first-order valence-electron chi connectivity index (χ1n) is 11.4. The van der Waals surface area contributed by atoms with E-state index in [1.54, 1.807) is 0 Å². The standard InChI is InChI=1S/C24H31ClN6/c25-24-23-17-22(7-6-19(23)18-27-28-24)31-14-12-30(13-15-31)21-5-3-4-20(16-21)26-8-11-29-9-1-2-10-29/h3-7,16-17,26-27H,1-2,8-15,18H2. The number of hydrogen-bond donors (Lipinski definition) is 2. The molecule has 0 unspecified atom stereocenters. The summed E-state index contributed by atoms with van der Waals surface area (Å²) in [7, 11) is 0. The van der Waals surface area contributed by atoms with E-state index in [-0.39, 0.29) is 0 Å². The fourth-order valence-corrected chi connectivity index (χ4v) is 5.00. The van der Waals surface area contributed by atoms with Crippen LogP contribution >= 0.6 is 11.6 Å². The van der Waals surface area contributed by atoms with Gasteiger partial charge in [0.15, 0.2) is 5.17 Å². The van der Waals surface area contributed by atoms with Crippen molar-refractivity contribution in [3.05, 3.63) is 53.6 Å². The maximum atomic E-state index is 6.30. The molecular weight excluding hydrogens is 408 g/mol. The van der Waals surface area contributed by atoms with Gasteiger partial charge in [-0.3, -0.25) is 0 Å². The fraction of sp³-hybridized carbons (Fsp3) is 0.458. The van der Waals surface area contributed by atoms with Crippen LogP contribution in [0.2, 0.25) is 0 Å². The van der Waals surface area contributed by atoms with Crippen molar-refractivity contribution in [1.29, 1.82) is 0 Å². The Morgan fingerprint density at radius 3 is 2.42 bits per heavy atom. The van der Waals surface area contributed by atoms with E-state index < -0.39 is 0 Å². The number of piperazine rings is 1. The SMILES string of the molecule is ClC1=NNCc2ccc(N3CCN(c4cccc(NCCN5CCCC5)c4)CC3)cc21. The van der Waals surface area contributed by atoms with Crippen LogP contribution in [0.4, 0.5) is 17.1 Å². The lowest BCUT2D eigenvalue weighted by molar-refractivity contribution is 0.352. The molecule has 0 atom stereocenters. The molecule has 0 bridgehead atoms. The number of rotatable bonds is 6. The molecule has 31 heavy (non-hydrogen) atoms. The summed E-state index contributed by atoms with van der Waals surface area (Å²) < 4.78 is 0. The van der Waals surface area contributed by atoms with Crippen molar-refractivity contribution in [2.45, 2.75) is 19.4 Å². The normalized spacial score (nSPS) is 19.1. The molecule has 2 fully saturated rings. The smallest absolute Gasteiger partial charge is 0.156 e. The molecule has 2 saturated heterocycles. The van der Waals surface area contributed by atoms with Crippen molar-refractivity contribution in [2.75, 3.05) is 67.5 Å². The lowest BCUT2D eigenvalue weighted by Gasteiger charge is -2.38. The minimum absolute atomic E-state index is 0.552. The van der Waals surface area contributed by atoms with E-state index in [9.17, 15) is 0 Å². The highest BCUT2D eigenvalue weighted by Crippen LogP contribution is 2.26. The maximum absolute atomic E-state index is 6.30. The van der Waals surface area contributed by atoms with Crippen molar-refractivity contribution < 1.29 is 0 Å². The Balaban J connectivity index is 1.17. The van der Waals surface area contributed by atoms with Gasteiger partial charge >= 0.3 is 0 Å². The molecule has 2 aromatic carbocycles. The van der Waals surface area contributed by atoms with Crippen LogP contribution in [0, 0.1) is 0 Å². The van der Waals surface area contributed by atoms with E-state index in [0.29, 0.717) is 5.17 Å². The first-order valence-corrected chi connectivity index (χ1v) is 11.8. The summed E-state index contributed by atoms with van der Waals surface area (Å²) in [4.78, 5) is 7.48. The van der Waals surface area contributed by atoms with Gasteiger partial charge in [-0.1, -0.05) is 23.7 Å². The molecular formula is C24H31ClN6. The number of nitrogens with zero attached hydrogens (tertiary/aromatic N) is 4. The van der Waals surface area contributed by atoms with Gasteiger partial charge in [0.05, 0.1) is 6.54 Å². The van der Waals surface area contributed by atoms with Crippen molar-refractivity contribution in [3.8, 4) is 0 Å². The third kappa shape index (κ3) is 4.75. The number of hydrogen-bond acceptors (Lipinski definition) is 6. The molecule has 0 amide bonds. The quantitative estimate of drug-likeness (QED) is 0.722.